The molecule has 1 heterocycles. The van der Waals surface area contributed by atoms with Crippen molar-refractivity contribution >= 4 is 21.9 Å². The lowest BCUT2D eigenvalue weighted by Crippen LogP contribution is -2.10. The van der Waals surface area contributed by atoms with Crippen molar-refractivity contribution in [1.29, 1.82) is 5.26 Å². The van der Waals surface area contributed by atoms with E-state index in [0.717, 1.165) is 13.2 Å². The number of aromatic nitrogens is 1. The van der Waals surface area contributed by atoms with Crippen molar-refractivity contribution < 1.29 is 18.3 Å². The van der Waals surface area contributed by atoms with Crippen molar-refractivity contribution in [2.75, 3.05) is 7.11 Å². The fourth-order valence-corrected chi connectivity index (χ4v) is 1.67. The number of halogens is 3. The first-order valence-electron chi connectivity index (χ1n) is 4.44. The maximum atomic E-state index is 12.8. The smallest absolute Gasteiger partial charge is 0.310 e. The molecule has 0 aliphatic heterocycles. The second kappa shape index (κ2) is 5.68. The molecule has 7 heteroatoms. The highest BCUT2D eigenvalue weighted by atomic mass is 79.9. The van der Waals surface area contributed by atoms with E-state index in [1.54, 1.807) is 6.07 Å². The standard InChI is InChI=1S/C10H7BrF2N2O2/c1-17-9(16)3-5-6(10(12)13)2-8(11)15-7(5)4-14/h2,10H,3H2,1H3. The van der Waals surface area contributed by atoms with Gasteiger partial charge in [-0.15, -0.1) is 0 Å². The van der Waals surface area contributed by atoms with E-state index in [1.165, 1.54) is 0 Å². The Morgan fingerprint density at radius 2 is 2.35 bits per heavy atom. The van der Waals surface area contributed by atoms with Crippen LogP contribution in [0.3, 0.4) is 0 Å². The van der Waals surface area contributed by atoms with Gasteiger partial charge in [-0.3, -0.25) is 4.79 Å². The molecule has 17 heavy (non-hydrogen) atoms. The molecule has 4 nitrogen and oxygen atoms in total. The second-order valence-corrected chi connectivity index (χ2v) is 3.84. The summed E-state index contributed by atoms with van der Waals surface area (Å²) in [6.07, 6.45) is -3.19. The van der Waals surface area contributed by atoms with Crippen LogP contribution in [-0.2, 0) is 16.0 Å². The Bertz CT molecular complexity index is 486. The maximum absolute atomic E-state index is 12.8. The van der Waals surface area contributed by atoms with E-state index in [0.29, 0.717) is 0 Å². The lowest BCUT2D eigenvalue weighted by molar-refractivity contribution is -0.139. The molecule has 0 aromatic carbocycles. The Morgan fingerprint density at radius 3 is 2.82 bits per heavy atom. The van der Waals surface area contributed by atoms with Crippen LogP contribution in [0.25, 0.3) is 0 Å². The number of hydrogen-bond acceptors (Lipinski definition) is 4. The number of carbonyl (C=O) groups is 1. The number of hydrogen-bond donors (Lipinski definition) is 0. The summed E-state index contributed by atoms with van der Waals surface area (Å²) in [7, 11) is 1.14. The summed E-state index contributed by atoms with van der Waals surface area (Å²) in [6.45, 7) is 0. The normalized spacial score (nSPS) is 10.1. The molecule has 0 N–H and O–H groups in total. The van der Waals surface area contributed by atoms with Crippen LogP contribution in [0, 0.1) is 11.3 Å². The van der Waals surface area contributed by atoms with Crippen LogP contribution in [0.2, 0.25) is 0 Å². The van der Waals surface area contributed by atoms with Crippen LogP contribution in [0.15, 0.2) is 10.7 Å². The summed E-state index contributed by atoms with van der Waals surface area (Å²) in [5.74, 6) is -0.701. The number of pyridine rings is 1. The number of nitrogens with zero attached hydrogens (tertiary/aromatic N) is 2. The van der Waals surface area contributed by atoms with E-state index in [2.05, 4.69) is 25.7 Å². The van der Waals surface area contributed by atoms with Crippen molar-refractivity contribution in [3.8, 4) is 6.07 Å². The zero-order chi connectivity index (χ0) is 13.0. The summed E-state index contributed by atoms with van der Waals surface area (Å²) in [5.41, 5.74) is -0.702. The van der Waals surface area contributed by atoms with Gasteiger partial charge >= 0.3 is 5.97 Å². The summed E-state index contributed by atoms with van der Waals surface area (Å²) >= 11 is 2.93. The van der Waals surface area contributed by atoms with Crippen molar-refractivity contribution in [2.24, 2.45) is 0 Å². The lowest BCUT2D eigenvalue weighted by Gasteiger charge is -2.09. The lowest BCUT2D eigenvalue weighted by atomic mass is 10.0. The number of esters is 1. The highest BCUT2D eigenvalue weighted by molar-refractivity contribution is 9.10. The predicted octanol–water partition coefficient (Wildman–Crippen LogP) is 2.37. The quantitative estimate of drug-likeness (QED) is 0.635. The molecule has 0 aliphatic carbocycles. The molecule has 0 fully saturated rings. The first-order valence-corrected chi connectivity index (χ1v) is 5.23. The molecule has 0 saturated heterocycles. The molecule has 0 aliphatic rings. The highest BCUT2D eigenvalue weighted by Crippen LogP contribution is 2.27. The van der Waals surface area contributed by atoms with Crippen molar-refractivity contribution in [3.63, 3.8) is 0 Å². The van der Waals surface area contributed by atoms with Crippen molar-refractivity contribution in [2.45, 2.75) is 12.8 Å². The fourth-order valence-electron chi connectivity index (χ4n) is 1.25. The predicted molar refractivity (Wildman–Crippen MR) is 57.3 cm³/mol. The number of alkyl halides is 2. The molecule has 0 bridgehead atoms. The monoisotopic (exact) mass is 304 g/mol. The number of ether oxygens (including phenoxy) is 1. The first-order chi connectivity index (χ1) is 7.99. The Balaban J connectivity index is 3.33. The summed E-state index contributed by atoms with van der Waals surface area (Å²) < 4.78 is 30.0. The van der Waals surface area contributed by atoms with Crippen molar-refractivity contribution in [3.05, 3.63) is 27.5 Å². The zero-order valence-corrected chi connectivity index (χ0v) is 10.3. The van der Waals surface area contributed by atoms with Gasteiger partial charge in [-0.2, -0.15) is 5.26 Å². The molecule has 0 radical (unpaired) electrons. The van der Waals surface area contributed by atoms with Gasteiger partial charge in [0.05, 0.1) is 13.5 Å². The van der Waals surface area contributed by atoms with Gasteiger partial charge in [0.2, 0.25) is 0 Å². The summed E-state index contributed by atoms with van der Waals surface area (Å²) in [5, 5.41) is 8.80. The van der Waals surface area contributed by atoms with E-state index in [-0.39, 0.29) is 15.9 Å². The average Bonchev–Trinajstić information content (AvgIpc) is 2.30. The molecule has 90 valence electrons. The first kappa shape index (κ1) is 13.5. The van der Waals surface area contributed by atoms with Crippen LogP contribution in [0.4, 0.5) is 8.78 Å². The van der Waals surface area contributed by atoms with Gasteiger partial charge in [-0.05, 0) is 22.0 Å². The molecule has 0 spiro atoms. The van der Waals surface area contributed by atoms with Gasteiger partial charge in [0, 0.05) is 11.1 Å². The fraction of sp³-hybridized carbons (Fsp3) is 0.300. The summed E-state index contributed by atoms with van der Waals surface area (Å²) in [4.78, 5) is 14.8. The Morgan fingerprint density at radius 1 is 1.71 bits per heavy atom. The summed E-state index contributed by atoms with van der Waals surface area (Å²) in [6, 6.07) is 2.77. The number of nitriles is 1. The molecular formula is C10H7BrF2N2O2. The van der Waals surface area contributed by atoms with E-state index in [1.807, 2.05) is 0 Å². The SMILES string of the molecule is COC(=O)Cc1c(C(F)F)cc(Br)nc1C#N. The third-order valence-corrected chi connectivity index (χ3v) is 2.42. The minimum absolute atomic E-state index is 0.0995. The van der Waals surface area contributed by atoms with Crippen LogP contribution in [0.5, 0.6) is 0 Å². The molecule has 1 rings (SSSR count). The van der Waals surface area contributed by atoms with Gasteiger partial charge in [0.15, 0.2) is 0 Å². The van der Waals surface area contributed by atoms with Crippen LogP contribution < -0.4 is 0 Å². The third kappa shape index (κ3) is 3.20. The minimum Gasteiger partial charge on any atom is -0.469 e. The number of carbonyl (C=O) groups excluding carboxylic acids is 1. The van der Waals surface area contributed by atoms with E-state index in [9.17, 15) is 13.6 Å². The molecule has 0 saturated carbocycles. The highest BCUT2D eigenvalue weighted by Gasteiger charge is 2.21. The molecule has 0 atom stereocenters. The molecule has 0 amide bonds. The van der Waals surface area contributed by atoms with Gasteiger partial charge < -0.3 is 4.74 Å². The van der Waals surface area contributed by atoms with Gasteiger partial charge in [0.25, 0.3) is 6.43 Å². The third-order valence-electron chi connectivity index (χ3n) is 2.02. The van der Waals surface area contributed by atoms with Crippen molar-refractivity contribution in [1.82, 2.24) is 4.98 Å². The Hall–Kier alpha value is -1.55. The molecule has 0 unspecified atom stereocenters. The largest absolute Gasteiger partial charge is 0.469 e. The van der Waals surface area contributed by atoms with Gasteiger partial charge in [-0.1, -0.05) is 0 Å². The Kier molecular flexibility index (Phi) is 4.52. The van der Waals surface area contributed by atoms with Gasteiger partial charge in [0.1, 0.15) is 16.4 Å². The zero-order valence-electron chi connectivity index (χ0n) is 8.71. The second-order valence-electron chi connectivity index (χ2n) is 3.03. The number of rotatable bonds is 3. The Labute approximate surface area is 104 Å². The number of methoxy groups -OCH3 is 1. The minimum atomic E-state index is -2.79. The van der Waals surface area contributed by atoms with Gasteiger partial charge in [-0.25, -0.2) is 13.8 Å². The van der Waals surface area contributed by atoms with E-state index >= 15 is 0 Å². The molecule has 1 aromatic heterocycles. The topological polar surface area (TPSA) is 63.0 Å². The average molecular weight is 305 g/mol. The molecular weight excluding hydrogens is 298 g/mol. The molecule has 1 aromatic rings. The maximum Gasteiger partial charge on any atom is 0.310 e. The van der Waals surface area contributed by atoms with Crippen LogP contribution in [-0.4, -0.2) is 18.1 Å². The van der Waals surface area contributed by atoms with Crippen LogP contribution >= 0.6 is 15.9 Å². The van der Waals surface area contributed by atoms with E-state index < -0.39 is 24.4 Å². The van der Waals surface area contributed by atoms with E-state index in [4.69, 9.17) is 5.26 Å². The van der Waals surface area contributed by atoms with Crippen LogP contribution in [0.1, 0.15) is 23.2 Å².